The summed E-state index contributed by atoms with van der Waals surface area (Å²) < 4.78 is 29.3. The van der Waals surface area contributed by atoms with E-state index in [2.05, 4.69) is 0 Å². The molecule has 0 aliphatic rings. The molecule has 0 fully saturated rings. The summed E-state index contributed by atoms with van der Waals surface area (Å²) in [5.41, 5.74) is 0.775. The maximum atomic E-state index is 13.1. The summed E-state index contributed by atoms with van der Waals surface area (Å²) in [6, 6.07) is 4.27. The minimum Gasteiger partial charge on any atom is -0.378 e. The quantitative estimate of drug-likeness (QED) is 0.811. The van der Waals surface area contributed by atoms with Crippen molar-refractivity contribution >= 4 is 8.03 Å². The second-order valence-corrected chi connectivity index (χ2v) is 4.64. The lowest BCUT2D eigenvalue weighted by Gasteiger charge is -2.11. The van der Waals surface area contributed by atoms with Crippen LogP contribution < -0.4 is 0 Å². The van der Waals surface area contributed by atoms with Crippen LogP contribution >= 0.6 is 8.03 Å². The number of benzene rings is 1. The van der Waals surface area contributed by atoms with Gasteiger partial charge in [0, 0.05) is 0 Å². The molecule has 2 atom stereocenters. The van der Waals surface area contributed by atoms with Gasteiger partial charge in [0.25, 0.3) is 0 Å². The van der Waals surface area contributed by atoms with Crippen molar-refractivity contribution < 1.29 is 18.6 Å². The van der Waals surface area contributed by atoms with E-state index in [1.807, 2.05) is 0 Å². The van der Waals surface area contributed by atoms with Crippen LogP contribution in [0, 0.1) is 12.7 Å². The van der Waals surface area contributed by atoms with Crippen LogP contribution in [0.4, 0.5) is 4.39 Å². The zero-order valence-corrected chi connectivity index (χ0v) is 9.66. The van der Waals surface area contributed by atoms with Crippen LogP contribution in [0.1, 0.15) is 23.9 Å². The first kappa shape index (κ1) is 12.4. The molecule has 1 rings (SSSR count). The monoisotopic (exact) mass is 232 g/mol. The summed E-state index contributed by atoms with van der Waals surface area (Å²) in [5, 5.41) is 9.58. The topological polar surface area (TPSA) is 46.5 Å². The van der Waals surface area contributed by atoms with Gasteiger partial charge >= 0.3 is 0 Å². The minimum atomic E-state index is -2.56. The van der Waals surface area contributed by atoms with Gasteiger partial charge in [-0.2, -0.15) is 0 Å². The molecule has 0 bridgehead atoms. The number of halogens is 1. The highest BCUT2D eigenvalue weighted by atomic mass is 31.1. The number of rotatable bonds is 4. The van der Waals surface area contributed by atoms with Gasteiger partial charge in [0.2, 0.25) is 8.03 Å². The zero-order valence-electron chi connectivity index (χ0n) is 8.66. The highest BCUT2D eigenvalue weighted by Gasteiger charge is 2.16. The summed E-state index contributed by atoms with van der Waals surface area (Å²) in [6.45, 7) is 3.57. The smallest absolute Gasteiger partial charge is 0.223 e. The highest BCUT2D eigenvalue weighted by molar-refractivity contribution is 7.39. The van der Waals surface area contributed by atoms with Gasteiger partial charge in [0.15, 0.2) is 5.85 Å². The molecule has 1 N–H and O–H groups in total. The van der Waals surface area contributed by atoms with Gasteiger partial charge in [-0.3, -0.25) is 4.57 Å². The molecule has 0 heterocycles. The standard InChI is InChI=1S/C10H14FO3P/c1-3-14-15(13)10(12)8-5-4-7(2)9(11)6-8/h4-6,10,12,15H,3H2,1-2H3. The molecule has 0 amide bonds. The molecular formula is C10H14FO3P. The van der Waals surface area contributed by atoms with Gasteiger partial charge in [-0.05, 0) is 31.0 Å². The first-order valence-electron chi connectivity index (χ1n) is 4.67. The van der Waals surface area contributed by atoms with Gasteiger partial charge in [-0.1, -0.05) is 12.1 Å². The normalized spacial score (nSPS) is 14.9. The van der Waals surface area contributed by atoms with Crippen LogP contribution in [0.15, 0.2) is 18.2 Å². The Kier molecular flexibility index (Phi) is 4.45. The highest BCUT2D eigenvalue weighted by Crippen LogP contribution is 2.39. The van der Waals surface area contributed by atoms with Gasteiger partial charge in [0.05, 0.1) is 6.61 Å². The molecule has 0 saturated heterocycles. The van der Waals surface area contributed by atoms with E-state index < -0.39 is 19.7 Å². The number of hydrogen-bond donors (Lipinski definition) is 1. The predicted octanol–water partition coefficient (Wildman–Crippen LogP) is 2.64. The average molecular weight is 232 g/mol. The van der Waals surface area contributed by atoms with Gasteiger partial charge in [-0.15, -0.1) is 0 Å². The summed E-state index contributed by atoms with van der Waals surface area (Å²) >= 11 is 0. The Bertz CT molecular complexity index is 368. The van der Waals surface area contributed by atoms with Crippen LogP contribution in [-0.2, 0) is 9.09 Å². The number of aliphatic hydroxyl groups excluding tert-OH is 1. The van der Waals surface area contributed by atoms with Crippen molar-refractivity contribution in [2.24, 2.45) is 0 Å². The summed E-state index contributed by atoms with van der Waals surface area (Å²) in [6.07, 6.45) is 0. The third kappa shape index (κ3) is 3.13. The SMILES string of the molecule is CCO[PH](=O)C(O)c1ccc(C)c(F)c1. The number of hydrogen-bond acceptors (Lipinski definition) is 3. The van der Waals surface area contributed by atoms with E-state index in [4.69, 9.17) is 4.52 Å². The molecule has 0 aromatic heterocycles. The van der Waals surface area contributed by atoms with Gasteiger partial charge in [0.1, 0.15) is 5.82 Å². The van der Waals surface area contributed by atoms with Crippen molar-refractivity contribution in [3.05, 3.63) is 35.1 Å². The molecule has 2 unspecified atom stereocenters. The largest absolute Gasteiger partial charge is 0.378 e. The number of aliphatic hydroxyl groups is 1. The van der Waals surface area contributed by atoms with Crippen molar-refractivity contribution in [3.8, 4) is 0 Å². The van der Waals surface area contributed by atoms with Crippen molar-refractivity contribution in [2.45, 2.75) is 19.7 Å². The van der Waals surface area contributed by atoms with E-state index in [9.17, 15) is 14.1 Å². The Labute approximate surface area is 88.8 Å². The molecule has 0 radical (unpaired) electrons. The van der Waals surface area contributed by atoms with Crippen molar-refractivity contribution in [2.75, 3.05) is 6.61 Å². The summed E-state index contributed by atoms with van der Waals surface area (Å²) in [5.74, 6) is -1.65. The molecule has 84 valence electrons. The van der Waals surface area contributed by atoms with E-state index in [0.29, 0.717) is 5.56 Å². The molecule has 0 aliphatic carbocycles. The maximum Gasteiger partial charge on any atom is 0.223 e. The lowest BCUT2D eigenvalue weighted by molar-refractivity contribution is 0.224. The molecule has 0 aliphatic heterocycles. The summed E-state index contributed by atoms with van der Waals surface area (Å²) in [7, 11) is -2.56. The van der Waals surface area contributed by atoms with Crippen molar-refractivity contribution in [1.29, 1.82) is 0 Å². The van der Waals surface area contributed by atoms with E-state index >= 15 is 0 Å². The maximum absolute atomic E-state index is 13.1. The van der Waals surface area contributed by atoms with Crippen LogP contribution in [0.3, 0.4) is 0 Å². The fraction of sp³-hybridized carbons (Fsp3) is 0.400. The second kappa shape index (κ2) is 5.40. The number of aryl methyl sites for hydroxylation is 1. The Morgan fingerprint density at radius 1 is 1.60 bits per heavy atom. The Morgan fingerprint density at radius 2 is 2.27 bits per heavy atom. The lowest BCUT2D eigenvalue weighted by Crippen LogP contribution is -1.96. The van der Waals surface area contributed by atoms with Crippen LogP contribution in [-0.4, -0.2) is 11.7 Å². The molecule has 0 spiro atoms. The lowest BCUT2D eigenvalue weighted by atomic mass is 10.1. The minimum absolute atomic E-state index is 0.267. The van der Waals surface area contributed by atoms with Crippen LogP contribution in [0.2, 0.25) is 0 Å². The molecule has 5 heteroatoms. The van der Waals surface area contributed by atoms with E-state index in [-0.39, 0.29) is 12.2 Å². The zero-order chi connectivity index (χ0) is 11.4. The Morgan fingerprint density at radius 3 is 2.80 bits per heavy atom. The molecule has 3 nitrogen and oxygen atoms in total. The third-order valence-electron chi connectivity index (χ3n) is 2.02. The summed E-state index contributed by atoms with van der Waals surface area (Å²) in [4.78, 5) is 0. The van der Waals surface area contributed by atoms with Crippen molar-refractivity contribution in [3.63, 3.8) is 0 Å². The van der Waals surface area contributed by atoms with Crippen molar-refractivity contribution in [1.82, 2.24) is 0 Å². The van der Waals surface area contributed by atoms with Crippen LogP contribution in [0.25, 0.3) is 0 Å². The Hall–Kier alpha value is -0.700. The van der Waals surface area contributed by atoms with E-state index in [1.54, 1.807) is 19.9 Å². The first-order valence-corrected chi connectivity index (χ1v) is 6.06. The first-order chi connectivity index (χ1) is 7.06. The fourth-order valence-corrected chi connectivity index (χ4v) is 2.03. The Balaban J connectivity index is 2.86. The molecule has 0 saturated carbocycles. The second-order valence-electron chi connectivity index (χ2n) is 3.16. The van der Waals surface area contributed by atoms with E-state index in [1.165, 1.54) is 12.1 Å². The fourth-order valence-electron chi connectivity index (χ4n) is 1.14. The van der Waals surface area contributed by atoms with E-state index in [0.717, 1.165) is 0 Å². The molecule has 1 aromatic rings. The molecular weight excluding hydrogens is 218 g/mol. The predicted molar refractivity (Wildman–Crippen MR) is 56.7 cm³/mol. The van der Waals surface area contributed by atoms with Gasteiger partial charge in [-0.25, -0.2) is 4.39 Å². The molecule has 1 aromatic carbocycles. The van der Waals surface area contributed by atoms with Crippen LogP contribution in [0.5, 0.6) is 0 Å². The average Bonchev–Trinajstić information content (AvgIpc) is 2.21. The third-order valence-corrected chi connectivity index (χ3v) is 3.37. The van der Waals surface area contributed by atoms with Gasteiger partial charge < -0.3 is 9.63 Å². The molecule has 15 heavy (non-hydrogen) atoms.